The van der Waals surface area contributed by atoms with Crippen molar-refractivity contribution in [3.05, 3.63) is 39.8 Å². The molecule has 2 N–H and O–H groups in total. The molecule has 4 amide bonds. The van der Waals surface area contributed by atoms with Crippen LogP contribution < -0.4 is 10.6 Å². The van der Waals surface area contributed by atoms with Crippen molar-refractivity contribution in [2.45, 2.75) is 71.4 Å². The number of imide groups is 1. The first-order valence-corrected chi connectivity index (χ1v) is 15.3. The number of benzene rings is 1. The molecule has 3 fully saturated rings. The van der Waals surface area contributed by atoms with Crippen molar-refractivity contribution >= 4 is 39.8 Å². The van der Waals surface area contributed by atoms with Gasteiger partial charge in [0.1, 0.15) is 11.4 Å². The minimum atomic E-state index is -3.70. The standard InChI is InChI=1S/C28H37N5O5S/c1-18-4-6-22(7-5-18)25-30-26(35)28(31-25)9-11-32(12-10-28)39(37,38)13-8-23-19(2)14-21(15-20(23)3)17-33-24(34)16-29-27(33)36/h8,13-15,18,22H,4-7,9-12,16-17H2,1-3H3,(H,29,36)(H,30,31,35). The van der Waals surface area contributed by atoms with E-state index in [0.29, 0.717) is 24.7 Å². The first kappa shape index (κ1) is 27.5. The number of sulfonamides is 1. The van der Waals surface area contributed by atoms with Crippen molar-refractivity contribution < 1.29 is 22.8 Å². The minimum absolute atomic E-state index is 0.00510. The van der Waals surface area contributed by atoms with Crippen molar-refractivity contribution in [2.24, 2.45) is 16.8 Å². The van der Waals surface area contributed by atoms with E-state index >= 15 is 0 Å². The van der Waals surface area contributed by atoms with Gasteiger partial charge in [-0.25, -0.2) is 13.2 Å². The topological polar surface area (TPSA) is 128 Å². The van der Waals surface area contributed by atoms with Gasteiger partial charge in [0.15, 0.2) is 0 Å². The minimum Gasteiger partial charge on any atom is -0.329 e. The number of carbonyl (C=O) groups is 3. The number of urea groups is 1. The number of hydrogen-bond acceptors (Lipinski definition) is 6. The number of aryl methyl sites for hydroxylation is 2. The van der Waals surface area contributed by atoms with Gasteiger partial charge < -0.3 is 10.6 Å². The third-order valence-corrected chi connectivity index (χ3v) is 10.2. The summed E-state index contributed by atoms with van der Waals surface area (Å²) in [6.07, 6.45) is 6.69. The largest absolute Gasteiger partial charge is 0.329 e. The molecule has 39 heavy (non-hydrogen) atoms. The van der Waals surface area contributed by atoms with Gasteiger partial charge >= 0.3 is 6.03 Å². The summed E-state index contributed by atoms with van der Waals surface area (Å²) in [5.74, 6) is 1.44. The molecule has 3 heterocycles. The molecule has 1 saturated carbocycles. The molecular formula is C28H37N5O5S. The summed E-state index contributed by atoms with van der Waals surface area (Å²) in [4.78, 5) is 42.8. The Balaban J connectivity index is 1.24. The number of hydrogen-bond donors (Lipinski definition) is 2. The van der Waals surface area contributed by atoms with Gasteiger partial charge in [-0.05, 0) is 73.8 Å². The predicted molar refractivity (Wildman–Crippen MR) is 148 cm³/mol. The van der Waals surface area contributed by atoms with Crippen LogP contribution in [0.15, 0.2) is 22.5 Å². The molecule has 5 rings (SSSR count). The lowest BCUT2D eigenvalue weighted by atomic mass is 9.82. The molecule has 4 aliphatic rings. The lowest BCUT2D eigenvalue weighted by Crippen LogP contribution is -2.50. The van der Waals surface area contributed by atoms with E-state index in [9.17, 15) is 22.8 Å². The predicted octanol–water partition coefficient (Wildman–Crippen LogP) is 2.84. The number of amidine groups is 1. The summed E-state index contributed by atoms with van der Waals surface area (Å²) >= 11 is 0. The molecule has 1 aromatic rings. The smallest absolute Gasteiger partial charge is 0.324 e. The molecule has 0 bridgehead atoms. The Morgan fingerprint density at radius 1 is 1.05 bits per heavy atom. The number of rotatable bonds is 6. The van der Waals surface area contributed by atoms with Gasteiger partial charge in [0, 0.05) is 24.4 Å². The highest BCUT2D eigenvalue weighted by molar-refractivity contribution is 7.92. The van der Waals surface area contributed by atoms with E-state index < -0.39 is 21.6 Å². The summed E-state index contributed by atoms with van der Waals surface area (Å²) in [5, 5.41) is 6.77. The van der Waals surface area contributed by atoms with Gasteiger partial charge in [0.05, 0.1) is 13.1 Å². The summed E-state index contributed by atoms with van der Waals surface area (Å²) in [5.41, 5.74) is 2.42. The van der Waals surface area contributed by atoms with E-state index in [2.05, 4.69) is 17.6 Å². The van der Waals surface area contributed by atoms with E-state index in [-0.39, 0.29) is 38.0 Å². The number of nitrogens with zero attached hydrogens (tertiary/aromatic N) is 3. The number of carbonyl (C=O) groups excluding carboxylic acids is 3. The second kappa shape index (κ2) is 10.5. The third kappa shape index (κ3) is 5.51. The van der Waals surface area contributed by atoms with E-state index in [1.807, 2.05) is 26.0 Å². The number of nitrogens with one attached hydrogen (secondary N) is 2. The highest BCUT2D eigenvalue weighted by Crippen LogP contribution is 2.36. The van der Waals surface area contributed by atoms with Crippen molar-refractivity contribution in [1.82, 2.24) is 19.8 Å². The van der Waals surface area contributed by atoms with Gasteiger partial charge in [-0.15, -0.1) is 0 Å². The lowest BCUT2D eigenvalue weighted by molar-refractivity contribution is -0.126. The quantitative estimate of drug-likeness (QED) is 0.522. The van der Waals surface area contributed by atoms with Crippen LogP contribution in [-0.2, 0) is 26.2 Å². The monoisotopic (exact) mass is 555 g/mol. The number of piperidine rings is 1. The Labute approximate surface area is 230 Å². The average Bonchev–Trinajstić information content (AvgIpc) is 3.37. The van der Waals surface area contributed by atoms with Crippen LogP contribution in [0.5, 0.6) is 0 Å². The molecule has 3 aliphatic heterocycles. The Morgan fingerprint density at radius 2 is 1.69 bits per heavy atom. The first-order valence-electron chi connectivity index (χ1n) is 13.8. The van der Waals surface area contributed by atoms with Crippen molar-refractivity contribution in [1.29, 1.82) is 0 Å². The summed E-state index contributed by atoms with van der Waals surface area (Å²) < 4.78 is 27.8. The zero-order valence-corrected chi connectivity index (χ0v) is 23.6. The van der Waals surface area contributed by atoms with Crippen molar-refractivity contribution in [3.63, 3.8) is 0 Å². The number of amides is 4. The summed E-state index contributed by atoms with van der Waals surface area (Å²) in [7, 11) is -3.70. The molecular weight excluding hydrogens is 518 g/mol. The maximum atomic E-state index is 13.2. The van der Waals surface area contributed by atoms with Crippen LogP contribution in [-0.4, -0.2) is 66.5 Å². The fraction of sp³-hybridized carbons (Fsp3) is 0.571. The maximum absolute atomic E-state index is 13.2. The van der Waals surface area contributed by atoms with Crippen LogP contribution >= 0.6 is 0 Å². The van der Waals surface area contributed by atoms with E-state index in [1.165, 1.54) is 14.6 Å². The fourth-order valence-electron chi connectivity index (χ4n) is 6.17. The Morgan fingerprint density at radius 3 is 2.28 bits per heavy atom. The van der Waals surface area contributed by atoms with Crippen molar-refractivity contribution in [3.8, 4) is 0 Å². The van der Waals surface area contributed by atoms with Gasteiger partial charge in [0.25, 0.3) is 5.91 Å². The molecule has 0 atom stereocenters. The number of aliphatic imine (C=N–C) groups is 1. The maximum Gasteiger partial charge on any atom is 0.324 e. The highest BCUT2D eigenvalue weighted by atomic mass is 32.2. The van der Waals surface area contributed by atoms with E-state index in [1.54, 1.807) is 6.08 Å². The molecule has 1 aliphatic carbocycles. The van der Waals surface area contributed by atoms with Gasteiger partial charge in [-0.2, -0.15) is 4.31 Å². The highest BCUT2D eigenvalue weighted by Gasteiger charge is 2.48. The zero-order chi connectivity index (χ0) is 27.9. The Bertz CT molecular complexity index is 1310. The molecule has 0 unspecified atom stereocenters. The molecule has 1 spiro atoms. The van der Waals surface area contributed by atoms with Crippen LogP contribution in [0.25, 0.3) is 6.08 Å². The summed E-state index contributed by atoms with van der Waals surface area (Å²) in [6.45, 7) is 6.66. The second-order valence-corrected chi connectivity index (χ2v) is 13.3. The lowest BCUT2D eigenvalue weighted by Gasteiger charge is -2.34. The van der Waals surface area contributed by atoms with Crippen molar-refractivity contribution in [2.75, 3.05) is 19.6 Å². The Hall–Kier alpha value is -3.05. The van der Waals surface area contributed by atoms with Crippen LogP contribution in [0.1, 0.15) is 67.7 Å². The molecule has 0 radical (unpaired) electrons. The average molecular weight is 556 g/mol. The molecule has 210 valence electrons. The van der Waals surface area contributed by atoms with Gasteiger partial charge in [-0.1, -0.05) is 31.9 Å². The Kier molecular flexibility index (Phi) is 7.41. The van der Waals surface area contributed by atoms with Crippen LogP contribution in [0.3, 0.4) is 0 Å². The third-order valence-electron chi connectivity index (χ3n) is 8.65. The molecule has 1 aromatic carbocycles. The first-order chi connectivity index (χ1) is 18.5. The normalized spacial score (nSPS) is 25.9. The van der Waals surface area contributed by atoms with Gasteiger partial charge in [-0.3, -0.25) is 19.5 Å². The van der Waals surface area contributed by atoms with Crippen LogP contribution in [0.4, 0.5) is 4.79 Å². The zero-order valence-electron chi connectivity index (χ0n) is 22.8. The SMILES string of the molecule is Cc1cc(CN2C(=O)CNC2=O)cc(C)c1C=CS(=O)(=O)N1CCC2(CC1)N=C(C1CCC(C)CC1)NC2=O. The molecule has 2 saturated heterocycles. The molecule has 11 heteroatoms. The fourth-order valence-corrected chi connectivity index (χ4v) is 7.35. The van der Waals surface area contributed by atoms with Crippen LogP contribution in [0, 0.1) is 25.7 Å². The molecule has 10 nitrogen and oxygen atoms in total. The van der Waals surface area contributed by atoms with Crippen LogP contribution in [0.2, 0.25) is 0 Å². The van der Waals surface area contributed by atoms with E-state index in [4.69, 9.17) is 4.99 Å². The van der Waals surface area contributed by atoms with Gasteiger partial charge in [0.2, 0.25) is 15.9 Å². The summed E-state index contributed by atoms with van der Waals surface area (Å²) in [6, 6.07) is 3.32. The molecule has 0 aromatic heterocycles. The second-order valence-electron chi connectivity index (χ2n) is 11.5. The van der Waals surface area contributed by atoms with E-state index in [0.717, 1.165) is 53.8 Å².